The van der Waals surface area contributed by atoms with Crippen LogP contribution in [0.25, 0.3) is 0 Å². The van der Waals surface area contributed by atoms with Gasteiger partial charge in [-0.1, -0.05) is 24.8 Å². The van der Waals surface area contributed by atoms with E-state index in [1.54, 1.807) is 6.07 Å². The van der Waals surface area contributed by atoms with E-state index in [-0.39, 0.29) is 0 Å². The highest BCUT2D eigenvalue weighted by atomic mass is 16.3. The van der Waals surface area contributed by atoms with Crippen molar-refractivity contribution >= 4 is 0 Å². The predicted molar refractivity (Wildman–Crippen MR) is 64.0 cm³/mol. The number of hydrogen-bond acceptors (Lipinski definition) is 1. The van der Waals surface area contributed by atoms with Gasteiger partial charge in [0.15, 0.2) is 0 Å². The number of phenols is 1. The number of benzene rings is 1. The summed E-state index contributed by atoms with van der Waals surface area (Å²) >= 11 is 0. The molecule has 0 radical (unpaired) electrons. The van der Waals surface area contributed by atoms with Crippen molar-refractivity contribution in [2.45, 2.75) is 19.3 Å². The second-order valence-corrected chi connectivity index (χ2v) is 3.40. The molecule has 1 nitrogen and oxygen atoms in total. The molecule has 0 fully saturated rings. The van der Waals surface area contributed by atoms with Crippen LogP contribution in [-0.4, -0.2) is 5.11 Å². The molecule has 1 aromatic carbocycles. The summed E-state index contributed by atoms with van der Waals surface area (Å²) in [6, 6.07) is 5.79. The zero-order valence-electron chi connectivity index (χ0n) is 8.87. The molecule has 1 aromatic rings. The highest BCUT2D eigenvalue weighted by Gasteiger charge is 2.00. The first-order chi connectivity index (χ1) is 7.27. The van der Waals surface area contributed by atoms with Gasteiger partial charge in [0.2, 0.25) is 0 Å². The lowest BCUT2D eigenvalue weighted by Gasteiger charge is -2.04. The van der Waals surface area contributed by atoms with E-state index in [1.165, 1.54) is 0 Å². The second-order valence-electron chi connectivity index (χ2n) is 3.40. The Morgan fingerprint density at radius 3 is 2.80 bits per heavy atom. The first-order valence-corrected chi connectivity index (χ1v) is 5.04. The molecule has 1 rings (SSSR count). The molecule has 0 spiro atoms. The molecule has 0 aliphatic rings. The molecule has 0 aliphatic heterocycles. The number of aromatic hydroxyl groups is 1. The topological polar surface area (TPSA) is 20.2 Å². The SMILES string of the molecule is C=C=CCCc1ccc(CC=C)cc1O. The van der Waals surface area contributed by atoms with Gasteiger partial charge in [-0.25, -0.2) is 0 Å². The first kappa shape index (κ1) is 11.4. The van der Waals surface area contributed by atoms with Gasteiger partial charge in [0.05, 0.1) is 0 Å². The van der Waals surface area contributed by atoms with Crippen LogP contribution in [0.15, 0.2) is 49.2 Å². The quantitative estimate of drug-likeness (QED) is 0.570. The van der Waals surface area contributed by atoms with E-state index in [4.69, 9.17) is 0 Å². The van der Waals surface area contributed by atoms with Crippen LogP contribution < -0.4 is 0 Å². The van der Waals surface area contributed by atoms with Crippen LogP contribution in [0.2, 0.25) is 0 Å². The van der Waals surface area contributed by atoms with E-state index in [0.29, 0.717) is 5.75 Å². The highest BCUT2D eigenvalue weighted by Crippen LogP contribution is 2.20. The maximum atomic E-state index is 9.73. The van der Waals surface area contributed by atoms with Crippen LogP contribution in [0, 0.1) is 0 Å². The van der Waals surface area contributed by atoms with Gasteiger partial charge < -0.3 is 5.11 Å². The van der Waals surface area contributed by atoms with Crippen LogP contribution in [0.4, 0.5) is 0 Å². The molecule has 0 unspecified atom stereocenters. The predicted octanol–water partition coefficient (Wildman–Crippen LogP) is 3.39. The molecular formula is C14H16O. The summed E-state index contributed by atoms with van der Waals surface area (Å²) < 4.78 is 0. The van der Waals surface area contributed by atoms with Gasteiger partial charge in [-0.3, -0.25) is 0 Å². The smallest absolute Gasteiger partial charge is 0.119 e. The van der Waals surface area contributed by atoms with Gasteiger partial charge in [0.25, 0.3) is 0 Å². The van der Waals surface area contributed by atoms with Crippen molar-refractivity contribution in [1.29, 1.82) is 0 Å². The fraction of sp³-hybridized carbons (Fsp3) is 0.214. The highest BCUT2D eigenvalue weighted by molar-refractivity contribution is 5.37. The molecule has 1 heteroatoms. The Balaban J connectivity index is 2.73. The third-order valence-corrected chi connectivity index (χ3v) is 2.23. The van der Waals surface area contributed by atoms with Crippen LogP contribution >= 0.6 is 0 Å². The van der Waals surface area contributed by atoms with Crippen molar-refractivity contribution in [2.75, 3.05) is 0 Å². The summed E-state index contributed by atoms with van der Waals surface area (Å²) in [4.78, 5) is 0. The van der Waals surface area contributed by atoms with Crippen LogP contribution in [-0.2, 0) is 12.8 Å². The Bertz CT molecular complexity index is 384. The summed E-state index contributed by atoms with van der Waals surface area (Å²) in [6.45, 7) is 7.17. The summed E-state index contributed by atoms with van der Waals surface area (Å²) in [5, 5.41) is 9.73. The van der Waals surface area contributed by atoms with Crippen molar-refractivity contribution in [3.8, 4) is 5.75 Å². The molecule has 15 heavy (non-hydrogen) atoms. The summed E-state index contributed by atoms with van der Waals surface area (Å²) in [5.74, 6) is 0.367. The van der Waals surface area contributed by atoms with E-state index < -0.39 is 0 Å². The maximum Gasteiger partial charge on any atom is 0.119 e. The number of phenolic OH excluding ortho intramolecular Hbond substituents is 1. The normalized spacial score (nSPS) is 9.33. The Kier molecular flexibility index (Phi) is 4.46. The first-order valence-electron chi connectivity index (χ1n) is 5.04. The number of aryl methyl sites for hydroxylation is 1. The number of allylic oxidation sites excluding steroid dienone is 2. The van der Waals surface area contributed by atoms with Gasteiger partial charge in [-0.05, 0) is 42.5 Å². The molecular weight excluding hydrogens is 184 g/mol. The average Bonchev–Trinajstić information content (AvgIpc) is 2.22. The van der Waals surface area contributed by atoms with Gasteiger partial charge in [-0.15, -0.1) is 12.3 Å². The van der Waals surface area contributed by atoms with E-state index in [2.05, 4.69) is 18.9 Å². The van der Waals surface area contributed by atoms with Crippen LogP contribution in [0.3, 0.4) is 0 Å². The molecule has 0 heterocycles. The second kappa shape index (κ2) is 5.90. The van der Waals surface area contributed by atoms with Crippen molar-refractivity contribution in [3.63, 3.8) is 0 Å². The Morgan fingerprint density at radius 2 is 2.20 bits per heavy atom. The van der Waals surface area contributed by atoms with Crippen LogP contribution in [0.5, 0.6) is 5.75 Å². The Labute approximate surface area is 91.1 Å². The van der Waals surface area contributed by atoms with E-state index in [0.717, 1.165) is 30.4 Å². The number of hydrogen-bond donors (Lipinski definition) is 1. The monoisotopic (exact) mass is 200 g/mol. The van der Waals surface area contributed by atoms with Crippen molar-refractivity contribution in [1.82, 2.24) is 0 Å². The van der Waals surface area contributed by atoms with Crippen molar-refractivity contribution < 1.29 is 5.11 Å². The van der Waals surface area contributed by atoms with Crippen molar-refractivity contribution in [3.05, 3.63) is 60.4 Å². The summed E-state index contributed by atoms with van der Waals surface area (Å²) in [5.41, 5.74) is 4.77. The zero-order valence-corrected chi connectivity index (χ0v) is 8.87. The third-order valence-electron chi connectivity index (χ3n) is 2.23. The standard InChI is InChI=1S/C14H16O/c1-3-5-6-8-13-10-9-12(7-4-2)11-14(13)15/h4-5,9-11,15H,1-2,6-8H2. The van der Waals surface area contributed by atoms with Gasteiger partial charge in [0.1, 0.15) is 5.75 Å². The molecule has 0 amide bonds. The van der Waals surface area contributed by atoms with E-state index >= 15 is 0 Å². The van der Waals surface area contributed by atoms with E-state index in [9.17, 15) is 5.11 Å². The molecule has 0 saturated carbocycles. The van der Waals surface area contributed by atoms with Crippen molar-refractivity contribution in [2.24, 2.45) is 0 Å². The lowest BCUT2D eigenvalue weighted by atomic mass is 10.0. The molecule has 0 atom stereocenters. The Morgan fingerprint density at radius 1 is 1.40 bits per heavy atom. The maximum absolute atomic E-state index is 9.73. The lowest BCUT2D eigenvalue weighted by Crippen LogP contribution is -1.87. The molecule has 0 saturated heterocycles. The van der Waals surface area contributed by atoms with Crippen LogP contribution in [0.1, 0.15) is 17.5 Å². The molecule has 0 aliphatic carbocycles. The minimum absolute atomic E-state index is 0.367. The number of rotatable bonds is 5. The lowest BCUT2D eigenvalue weighted by molar-refractivity contribution is 0.467. The Hall–Kier alpha value is -1.72. The minimum Gasteiger partial charge on any atom is -0.508 e. The minimum atomic E-state index is 0.367. The fourth-order valence-corrected chi connectivity index (χ4v) is 1.44. The molecule has 0 bridgehead atoms. The third kappa shape index (κ3) is 3.49. The van der Waals surface area contributed by atoms with E-state index in [1.807, 2.05) is 24.3 Å². The van der Waals surface area contributed by atoms with Gasteiger partial charge in [-0.2, -0.15) is 0 Å². The summed E-state index contributed by atoms with van der Waals surface area (Å²) in [7, 11) is 0. The molecule has 1 N–H and O–H groups in total. The fourth-order valence-electron chi connectivity index (χ4n) is 1.44. The van der Waals surface area contributed by atoms with Gasteiger partial charge >= 0.3 is 0 Å². The molecule has 0 aromatic heterocycles. The average molecular weight is 200 g/mol. The molecule has 78 valence electrons. The summed E-state index contributed by atoms with van der Waals surface area (Å²) in [6.07, 6.45) is 6.17. The van der Waals surface area contributed by atoms with Gasteiger partial charge in [0, 0.05) is 0 Å². The zero-order chi connectivity index (χ0) is 11.1. The largest absolute Gasteiger partial charge is 0.508 e.